The molecule has 2 aromatic rings. The van der Waals surface area contributed by atoms with E-state index in [9.17, 15) is 0 Å². The largest absolute Gasteiger partial charge is 0.352 e. The molecule has 2 atom stereocenters. The smallest absolute Gasteiger partial charge is 0.147 e. The van der Waals surface area contributed by atoms with E-state index in [1.54, 1.807) is 0 Å². The average Bonchev–Trinajstić information content (AvgIpc) is 2.53. The summed E-state index contributed by atoms with van der Waals surface area (Å²) in [5.74, 6) is 1.68. The first kappa shape index (κ1) is 13.3. The molecule has 1 aliphatic rings. The van der Waals surface area contributed by atoms with Crippen molar-refractivity contribution < 1.29 is 0 Å². The van der Waals surface area contributed by atoms with E-state index >= 15 is 0 Å². The molecule has 2 heterocycles. The molecule has 0 saturated carbocycles. The Morgan fingerprint density at radius 3 is 2.95 bits per heavy atom. The minimum Gasteiger partial charge on any atom is -0.352 e. The van der Waals surface area contributed by atoms with Gasteiger partial charge >= 0.3 is 0 Å². The lowest BCUT2D eigenvalue weighted by Crippen LogP contribution is -2.53. The van der Waals surface area contributed by atoms with Crippen LogP contribution >= 0.6 is 0 Å². The van der Waals surface area contributed by atoms with E-state index in [1.807, 2.05) is 30.5 Å². The number of hydrogen-bond donors (Lipinski definition) is 1. The van der Waals surface area contributed by atoms with Gasteiger partial charge in [0.05, 0.1) is 17.2 Å². The van der Waals surface area contributed by atoms with Crippen molar-refractivity contribution in [3.63, 3.8) is 0 Å². The Morgan fingerprint density at radius 1 is 1.35 bits per heavy atom. The molecule has 1 fully saturated rings. The van der Waals surface area contributed by atoms with Gasteiger partial charge in [-0.3, -0.25) is 4.98 Å². The number of nitrogens with zero attached hydrogens (tertiary/aromatic N) is 3. The Hall–Kier alpha value is -1.68. The summed E-state index contributed by atoms with van der Waals surface area (Å²) in [5.41, 5.74) is 1.94. The van der Waals surface area contributed by atoms with Crippen molar-refractivity contribution >= 4 is 16.9 Å². The molecule has 4 nitrogen and oxygen atoms in total. The molecular weight excluding hydrogens is 248 g/mol. The summed E-state index contributed by atoms with van der Waals surface area (Å²) in [6.07, 6.45) is 3.11. The SMILES string of the molecule is CC[C@@H](C)[C@H]1CN(c2cnc3ccccc3n2)CCN1. The van der Waals surface area contributed by atoms with Crippen LogP contribution in [0.4, 0.5) is 5.82 Å². The number of aromatic nitrogens is 2. The number of para-hydroxylation sites is 2. The third-order valence-electron chi connectivity index (χ3n) is 4.30. The van der Waals surface area contributed by atoms with E-state index in [0.29, 0.717) is 12.0 Å². The van der Waals surface area contributed by atoms with Crippen molar-refractivity contribution in [3.05, 3.63) is 30.5 Å². The third kappa shape index (κ3) is 2.61. The zero-order chi connectivity index (χ0) is 13.9. The lowest BCUT2D eigenvalue weighted by atomic mass is 9.97. The lowest BCUT2D eigenvalue weighted by Gasteiger charge is -2.37. The molecule has 1 aromatic heterocycles. The van der Waals surface area contributed by atoms with Crippen LogP contribution in [0.3, 0.4) is 0 Å². The first-order valence-corrected chi connectivity index (χ1v) is 7.48. The van der Waals surface area contributed by atoms with Crippen molar-refractivity contribution in [3.8, 4) is 0 Å². The van der Waals surface area contributed by atoms with Crippen LogP contribution < -0.4 is 10.2 Å². The molecule has 4 heteroatoms. The van der Waals surface area contributed by atoms with Crippen LogP contribution in [-0.2, 0) is 0 Å². The maximum Gasteiger partial charge on any atom is 0.147 e. The first-order valence-electron chi connectivity index (χ1n) is 7.48. The number of anilines is 1. The fourth-order valence-corrected chi connectivity index (χ4v) is 2.75. The molecule has 1 aliphatic heterocycles. The molecule has 106 valence electrons. The van der Waals surface area contributed by atoms with E-state index in [1.165, 1.54) is 6.42 Å². The molecular formula is C16H22N4. The highest BCUT2D eigenvalue weighted by Gasteiger charge is 2.24. The molecule has 0 aliphatic carbocycles. The molecule has 0 radical (unpaired) electrons. The first-order chi connectivity index (χ1) is 9.78. The van der Waals surface area contributed by atoms with E-state index in [0.717, 1.165) is 36.5 Å². The van der Waals surface area contributed by atoms with Crippen molar-refractivity contribution in [2.75, 3.05) is 24.5 Å². The van der Waals surface area contributed by atoms with Crippen LogP contribution in [-0.4, -0.2) is 35.6 Å². The molecule has 0 spiro atoms. The van der Waals surface area contributed by atoms with Gasteiger partial charge in [-0.05, 0) is 18.1 Å². The van der Waals surface area contributed by atoms with Crippen LogP contribution in [0.15, 0.2) is 30.5 Å². The topological polar surface area (TPSA) is 41.1 Å². The molecule has 1 aromatic carbocycles. The summed E-state index contributed by atoms with van der Waals surface area (Å²) in [5, 5.41) is 3.62. The molecule has 1 N–H and O–H groups in total. The summed E-state index contributed by atoms with van der Waals surface area (Å²) >= 11 is 0. The van der Waals surface area contributed by atoms with Gasteiger partial charge in [0.2, 0.25) is 0 Å². The zero-order valence-corrected chi connectivity index (χ0v) is 12.2. The second-order valence-corrected chi connectivity index (χ2v) is 5.61. The van der Waals surface area contributed by atoms with E-state index in [-0.39, 0.29) is 0 Å². The van der Waals surface area contributed by atoms with Crippen LogP contribution in [0.1, 0.15) is 20.3 Å². The van der Waals surface area contributed by atoms with E-state index in [2.05, 4.69) is 29.0 Å². The standard InChI is InChI=1S/C16H22N4/c1-3-12(2)15-11-20(9-8-17-15)16-10-18-13-6-4-5-7-14(13)19-16/h4-7,10,12,15,17H,3,8-9,11H2,1-2H3/t12-,15-/m1/s1. The van der Waals surface area contributed by atoms with Gasteiger partial charge in [0, 0.05) is 25.7 Å². The summed E-state index contributed by atoms with van der Waals surface area (Å²) in [6, 6.07) is 8.59. The second kappa shape index (κ2) is 5.75. The summed E-state index contributed by atoms with van der Waals surface area (Å²) in [6.45, 7) is 7.60. The number of benzene rings is 1. The predicted molar refractivity (Wildman–Crippen MR) is 83.0 cm³/mol. The number of nitrogens with one attached hydrogen (secondary N) is 1. The lowest BCUT2D eigenvalue weighted by molar-refractivity contribution is 0.341. The second-order valence-electron chi connectivity index (χ2n) is 5.61. The summed E-state index contributed by atoms with van der Waals surface area (Å²) in [4.78, 5) is 11.6. The Kier molecular flexibility index (Phi) is 3.83. The van der Waals surface area contributed by atoms with Gasteiger partial charge in [0.15, 0.2) is 0 Å². The van der Waals surface area contributed by atoms with Crippen molar-refractivity contribution in [1.82, 2.24) is 15.3 Å². The van der Waals surface area contributed by atoms with E-state index < -0.39 is 0 Å². The highest BCUT2D eigenvalue weighted by Crippen LogP contribution is 2.19. The van der Waals surface area contributed by atoms with Crippen molar-refractivity contribution in [2.24, 2.45) is 5.92 Å². The van der Waals surface area contributed by atoms with Crippen LogP contribution in [0.2, 0.25) is 0 Å². The maximum atomic E-state index is 4.75. The Bertz CT molecular complexity index is 583. The zero-order valence-electron chi connectivity index (χ0n) is 12.2. The predicted octanol–water partition coefficient (Wildman–Crippen LogP) is 2.45. The van der Waals surface area contributed by atoms with Crippen LogP contribution in [0.5, 0.6) is 0 Å². The van der Waals surface area contributed by atoms with Gasteiger partial charge in [-0.15, -0.1) is 0 Å². The van der Waals surface area contributed by atoms with Crippen LogP contribution in [0, 0.1) is 5.92 Å². The Morgan fingerprint density at radius 2 is 2.15 bits per heavy atom. The normalized spacial score (nSPS) is 21.1. The molecule has 1 saturated heterocycles. The number of rotatable bonds is 3. The minimum atomic E-state index is 0.544. The van der Waals surface area contributed by atoms with Crippen molar-refractivity contribution in [1.29, 1.82) is 0 Å². The van der Waals surface area contributed by atoms with Gasteiger partial charge in [-0.2, -0.15) is 0 Å². The summed E-state index contributed by atoms with van der Waals surface area (Å²) < 4.78 is 0. The fraction of sp³-hybridized carbons (Fsp3) is 0.500. The van der Waals surface area contributed by atoms with Crippen LogP contribution in [0.25, 0.3) is 11.0 Å². The Labute approximate surface area is 120 Å². The van der Waals surface area contributed by atoms with Gasteiger partial charge in [-0.1, -0.05) is 32.4 Å². The highest BCUT2D eigenvalue weighted by molar-refractivity contribution is 5.75. The van der Waals surface area contributed by atoms with Gasteiger partial charge in [-0.25, -0.2) is 4.98 Å². The molecule has 3 rings (SSSR count). The molecule has 0 amide bonds. The third-order valence-corrected chi connectivity index (χ3v) is 4.30. The molecule has 0 bridgehead atoms. The molecule has 20 heavy (non-hydrogen) atoms. The summed E-state index contributed by atoms with van der Waals surface area (Å²) in [7, 11) is 0. The van der Waals surface area contributed by atoms with Gasteiger partial charge < -0.3 is 10.2 Å². The fourth-order valence-electron chi connectivity index (χ4n) is 2.75. The maximum absolute atomic E-state index is 4.75. The van der Waals surface area contributed by atoms with Gasteiger partial charge in [0.1, 0.15) is 5.82 Å². The van der Waals surface area contributed by atoms with E-state index in [4.69, 9.17) is 4.98 Å². The molecule has 0 unspecified atom stereocenters. The monoisotopic (exact) mass is 270 g/mol. The number of fused-ring (bicyclic) bond motifs is 1. The Balaban J connectivity index is 1.83. The number of hydrogen-bond acceptors (Lipinski definition) is 4. The van der Waals surface area contributed by atoms with Crippen molar-refractivity contribution in [2.45, 2.75) is 26.3 Å². The number of piperazine rings is 1. The quantitative estimate of drug-likeness (QED) is 0.930. The minimum absolute atomic E-state index is 0.544. The average molecular weight is 270 g/mol. The van der Waals surface area contributed by atoms with Gasteiger partial charge in [0.25, 0.3) is 0 Å². The highest BCUT2D eigenvalue weighted by atomic mass is 15.2.